The van der Waals surface area contributed by atoms with Crippen molar-refractivity contribution >= 4 is 17.5 Å². The minimum absolute atomic E-state index is 0.0709. The van der Waals surface area contributed by atoms with Gasteiger partial charge in [-0.1, -0.05) is 13.8 Å². The highest BCUT2D eigenvalue weighted by molar-refractivity contribution is 7.99. The minimum Gasteiger partial charge on any atom is -0.396 e. The molecule has 0 aliphatic heterocycles. The topological polar surface area (TPSA) is 57.5 Å². The van der Waals surface area contributed by atoms with Gasteiger partial charge < -0.3 is 10.2 Å². The molecule has 0 radical (unpaired) electrons. The Morgan fingerprint density at radius 2 is 1.74 bits per heavy atom. The van der Waals surface area contributed by atoms with Gasteiger partial charge in [0.15, 0.2) is 0 Å². The number of fused-ring (bicyclic) bond motifs is 5. The van der Waals surface area contributed by atoms with Crippen LogP contribution >= 0.6 is 11.8 Å². The van der Waals surface area contributed by atoms with E-state index in [0.29, 0.717) is 28.6 Å². The Hall–Kier alpha value is -0.0600. The van der Waals surface area contributed by atoms with Gasteiger partial charge in [-0.3, -0.25) is 4.79 Å². The first-order valence-electron chi connectivity index (χ1n) is 11.3. The Kier molecular flexibility index (Phi) is 5.73. The molecule has 0 aromatic rings. The quantitative estimate of drug-likeness (QED) is 0.683. The number of aliphatic hydroxyl groups is 2. The van der Waals surface area contributed by atoms with Crippen molar-refractivity contribution in [2.45, 2.75) is 77.7 Å². The summed E-state index contributed by atoms with van der Waals surface area (Å²) >= 11 is 1.60. The molecule has 4 aliphatic carbocycles. The van der Waals surface area contributed by atoms with Crippen LogP contribution in [0.15, 0.2) is 0 Å². The summed E-state index contributed by atoms with van der Waals surface area (Å²) in [6.45, 7) is 5.13. The van der Waals surface area contributed by atoms with E-state index in [0.717, 1.165) is 37.0 Å². The van der Waals surface area contributed by atoms with Crippen molar-refractivity contribution < 1.29 is 15.0 Å². The van der Waals surface area contributed by atoms with Gasteiger partial charge in [0.2, 0.25) is 0 Å². The molecule has 0 aromatic heterocycles. The zero-order valence-electron chi connectivity index (χ0n) is 17.2. The summed E-state index contributed by atoms with van der Waals surface area (Å²) in [4.78, 5) is 12.9. The zero-order chi connectivity index (χ0) is 19.2. The smallest absolute Gasteiger partial charge is 0.146 e. The van der Waals surface area contributed by atoms with Crippen molar-refractivity contribution in [1.29, 1.82) is 0 Å². The Balaban J connectivity index is 1.49. The van der Waals surface area contributed by atoms with Gasteiger partial charge in [-0.2, -0.15) is 11.8 Å². The maximum atomic E-state index is 12.9. The third-order valence-corrected chi connectivity index (χ3v) is 10.5. The van der Waals surface area contributed by atoms with Crippen LogP contribution in [0.5, 0.6) is 0 Å². The molecule has 0 spiro atoms. The van der Waals surface area contributed by atoms with Crippen molar-refractivity contribution in [3.05, 3.63) is 0 Å². The molecule has 4 fully saturated rings. The van der Waals surface area contributed by atoms with Crippen LogP contribution in [0.3, 0.4) is 0 Å². The molecule has 0 saturated heterocycles. The van der Waals surface area contributed by atoms with Crippen molar-refractivity contribution in [3.63, 3.8) is 0 Å². The van der Waals surface area contributed by atoms with E-state index in [2.05, 4.69) is 13.8 Å². The Labute approximate surface area is 169 Å². The van der Waals surface area contributed by atoms with Gasteiger partial charge in [0.05, 0.1) is 18.5 Å². The normalized spacial score (nSPS) is 49.2. The van der Waals surface area contributed by atoms with Gasteiger partial charge >= 0.3 is 0 Å². The van der Waals surface area contributed by atoms with Crippen LogP contribution in [0.2, 0.25) is 0 Å². The number of ketones is 1. The molecule has 154 valence electrons. The predicted molar refractivity (Wildman–Crippen MR) is 111 cm³/mol. The molecule has 0 amide bonds. The molecule has 4 rings (SSSR count). The second-order valence-electron chi connectivity index (χ2n) is 10.5. The van der Waals surface area contributed by atoms with Gasteiger partial charge in [0, 0.05) is 11.7 Å². The molecule has 27 heavy (non-hydrogen) atoms. The lowest BCUT2D eigenvalue weighted by atomic mass is 9.44. The van der Waals surface area contributed by atoms with Crippen LogP contribution in [-0.4, -0.2) is 40.2 Å². The average molecular weight is 395 g/mol. The van der Waals surface area contributed by atoms with Crippen molar-refractivity contribution in [3.8, 4) is 0 Å². The highest BCUT2D eigenvalue weighted by atomic mass is 32.2. The number of aliphatic hydroxyl groups excluding tert-OH is 2. The number of hydrogen-bond acceptors (Lipinski definition) is 4. The highest BCUT2D eigenvalue weighted by Crippen LogP contribution is 2.67. The van der Waals surface area contributed by atoms with Gasteiger partial charge in [-0.05, 0) is 92.3 Å². The molecule has 3 nitrogen and oxygen atoms in total. The lowest BCUT2D eigenvalue weighted by Crippen LogP contribution is -2.54. The van der Waals surface area contributed by atoms with E-state index < -0.39 is 0 Å². The first-order chi connectivity index (χ1) is 12.9. The van der Waals surface area contributed by atoms with E-state index in [-0.39, 0.29) is 24.0 Å². The van der Waals surface area contributed by atoms with Crippen LogP contribution in [-0.2, 0) is 4.79 Å². The lowest BCUT2D eigenvalue weighted by Gasteiger charge is -2.60. The molecule has 2 N–H and O–H groups in total. The largest absolute Gasteiger partial charge is 0.396 e. The van der Waals surface area contributed by atoms with Crippen molar-refractivity contribution in [2.24, 2.45) is 40.4 Å². The monoisotopic (exact) mass is 394 g/mol. The van der Waals surface area contributed by atoms with Gasteiger partial charge in [-0.25, -0.2) is 0 Å². The molecule has 0 aromatic carbocycles. The summed E-state index contributed by atoms with van der Waals surface area (Å²) in [5, 5.41) is 19.2. The molecular formula is C23H38O3S. The first kappa shape index (κ1) is 20.2. The third-order valence-electron chi connectivity index (χ3n) is 9.51. The number of carbonyl (C=O) groups is 1. The zero-order valence-corrected chi connectivity index (χ0v) is 18.0. The molecule has 4 saturated carbocycles. The highest BCUT2D eigenvalue weighted by Gasteiger charge is 2.60. The van der Waals surface area contributed by atoms with E-state index in [1.165, 1.54) is 38.5 Å². The number of carbonyl (C=O) groups excluding carboxylic acids is 1. The first-order valence-corrected chi connectivity index (χ1v) is 12.4. The second-order valence-corrected chi connectivity index (χ2v) is 11.6. The molecule has 4 heteroatoms. The van der Waals surface area contributed by atoms with Crippen LogP contribution in [0.25, 0.3) is 0 Å². The van der Waals surface area contributed by atoms with Crippen LogP contribution in [0.4, 0.5) is 0 Å². The van der Waals surface area contributed by atoms with Crippen molar-refractivity contribution in [1.82, 2.24) is 0 Å². The van der Waals surface area contributed by atoms with E-state index >= 15 is 0 Å². The summed E-state index contributed by atoms with van der Waals surface area (Å²) in [7, 11) is 0. The van der Waals surface area contributed by atoms with Gasteiger partial charge in [0.1, 0.15) is 5.78 Å². The molecular weight excluding hydrogens is 356 g/mol. The molecule has 0 heterocycles. The third kappa shape index (κ3) is 3.32. The fraction of sp³-hybridized carbons (Fsp3) is 0.957. The molecule has 8 atom stereocenters. The summed E-state index contributed by atoms with van der Waals surface area (Å²) in [6.07, 6.45) is 10.6. The van der Waals surface area contributed by atoms with Crippen LogP contribution in [0.1, 0.15) is 71.6 Å². The minimum atomic E-state index is -0.0709. The fourth-order valence-electron chi connectivity index (χ4n) is 8.10. The van der Waals surface area contributed by atoms with Gasteiger partial charge in [0.25, 0.3) is 0 Å². The maximum absolute atomic E-state index is 12.9. The Bertz CT molecular complexity index is 566. The number of Topliss-reactive ketones (excluding diaryl/α,β-unsaturated/α-hetero) is 1. The second kappa shape index (κ2) is 7.65. The number of rotatable bonds is 5. The van der Waals surface area contributed by atoms with Crippen LogP contribution < -0.4 is 0 Å². The van der Waals surface area contributed by atoms with E-state index in [9.17, 15) is 9.90 Å². The molecule has 0 bridgehead atoms. The van der Waals surface area contributed by atoms with E-state index in [1.54, 1.807) is 11.8 Å². The van der Waals surface area contributed by atoms with Crippen molar-refractivity contribution in [2.75, 3.05) is 18.1 Å². The van der Waals surface area contributed by atoms with E-state index in [1.807, 2.05) is 0 Å². The average Bonchev–Trinajstić information content (AvgIpc) is 3.00. The maximum Gasteiger partial charge on any atom is 0.146 e. The summed E-state index contributed by atoms with van der Waals surface area (Å²) in [6, 6.07) is 0. The standard InChI is InChI=1S/C23H38O3S/c1-22-9-7-16(25)13-15(22)3-4-17-18-5-6-20(21(26)14-27-12-11-24)23(18,2)10-8-19(17)22/h15-20,24-25H,3-14H2,1-2H3/t15?,16?,17-,18-,19-,20+,22-,23-/m0/s1. The fourth-order valence-corrected chi connectivity index (χ4v) is 8.78. The van der Waals surface area contributed by atoms with Crippen LogP contribution in [0, 0.1) is 40.4 Å². The Morgan fingerprint density at radius 1 is 1.00 bits per heavy atom. The SMILES string of the molecule is C[C@]12CC[C@H]3[C@@H](CCC4CC(O)CC[C@@]43C)[C@@H]1CC[C@@H]2C(=O)CSCCO. The predicted octanol–water partition coefficient (Wildman–Crippen LogP) is 4.30. The Morgan fingerprint density at radius 3 is 2.52 bits per heavy atom. The van der Waals surface area contributed by atoms with Gasteiger partial charge in [-0.15, -0.1) is 0 Å². The molecule has 4 aliphatic rings. The van der Waals surface area contributed by atoms with E-state index in [4.69, 9.17) is 5.11 Å². The number of thioether (sulfide) groups is 1. The summed E-state index contributed by atoms with van der Waals surface area (Å²) in [5.41, 5.74) is 0.623. The lowest BCUT2D eigenvalue weighted by molar-refractivity contribution is -0.138. The number of hydrogen-bond donors (Lipinski definition) is 2. The molecule has 2 unspecified atom stereocenters. The summed E-state index contributed by atoms with van der Waals surface area (Å²) < 4.78 is 0. The summed E-state index contributed by atoms with van der Waals surface area (Å²) in [5.74, 6) is 4.97.